The molecule has 1 amide bonds. The molecule has 0 spiro atoms. The summed E-state index contributed by atoms with van der Waals surface area (Å²) in [5, 5.41) is 3.59. The lowest BCUT2D eigenvalue weighted by atomic mass is 10.0. The van der Waals surface area contributed by atoms with E-state index in [-0.39, 0.29) is 5.91 Å². The van der Waals surface area contributed by atoms with Crippen LogP contribution < -0.4 is 11.1 Å². The number of hydrogen-bond acceptors (Lipinski definition) is 4. The number of nitrogens with one attached hydrogen (secondary N) is 1. The lowest BCUT2D eigenvalue weighted by Crippen LogP contribution is -2.34. The van der Waals surface area contributed by atoms with Crippen molar-refractivity contribution in [2.45, 2.75) is 31.3 Å². The van der Waals surface area contributed by atoms with Gasteiger partial charge in [-0.15, -0.1) is 0 Å². The first kappa shape index (κ1) is 14.2. The standard InChI is InChI=1S/C16H24N4O/c1-19(2)16(21)12-6-5-11(17)10-14(12)18-13-7-9-20-8-3-4-15(13)20/h5-6,10,13,15,18H,3-4,7-9,17H2,1-2H3. The van der Waals surface area contributed by atoms with Crippen molar-refractivity contribution in [3.8, 4) is 0 Å². The highest BCUT2D eigenvalue weighted by Crippen LogP contribution is 2.31. The fourth-order valence-corrected chi connectivity index (χ4v) is 3.56. The molecule has 5 nitrogen and oxygen atoms in total. The third kappa shape index (κ3) is 2.70. The fraction of sp³-hybridized carbons (Fsp3) is 0.562. The molecule has 2 aliphatic rings. The summed E-state index contributed by atoms with van der Waals surface area (Å²) in [6, 6.07) is 6.52. The van der Waals surface area contributed by atoms with E-state index in [1.54, 1.807) is 25.1 Å². The minimum Gasteiger partial charge on any atom is -0.399 e. The van der Waals surface area contributed by atoms with E-state index in [1.807, 2.05) is 12.1 Å². The van der Waals surface area contributed by atoms with Gasteiger partial charge in [-0.3, -0.25) is 9.69 Å². The minimum absolute atomic E-state index is 0.0128. The number of nitrogen functional groups attached to an aromatic ring is 1. The van der Waals surface area contributed by atoms with Crippen molar-refractivity contribution in [2.75, 3.05) is 38.2 Å². The number of nitrogens with two attached hydrogens (primary N) is 1. The monoisotopic (exact) mass is 288 g/mol. The Hall–Kier alpha value is -1.75. The Labute approximate surface area is 126 Å². The molecule has 2 saturated heterocycles. The van der Waals surface area contributed by atoms with Crippen molar-refractivity contribution in [3.05, 3.63) is 23.8 Å². The molecule has 1 aromatic carbocycles. The lowest BCUT2D eigenvalue weighted by Gasteiger charge is -2.24. The summed E-state index contributed by atoms with van der Waals surface area (Å²) in [6.07, 6.45) is 3.66. The largest absolute Gasteiger partial charge is 0.399 e. The molecule has 0 bridgehead atoms. The molecular weight excluding hydrogens is 264 g/mol. The van der Waals surface area contributed by atoms with Gasteiger partial charge < -0.3 is 16.0 Å². The predicted molar refractivity (Wildman–Crippen MR) is 85.5 cm³/mol. The van der Waals surface area contributed by atoms with Gasteiger partial charge in [-0.1, -0.05) is 0 Å². The van der Waals surface area contributed by atoms with Crippen LogP contribution in [0.25, 0.3) is 0 Å². The Kier molecular flexibility index (Phi) is 3.76. The first-order chi connectivity index (χ1) is 10.1. The Morgan fingerprint density at radius 1 is 1.33 bits per heavy atom. The molecule has 0 saturated carbocycles. The maximum atomic E-state index is 12.3. The molecule has 0 aliphatic carbocycles. The predicted octanol–water partition coefficient (Wildman–Crippen LogP) is 1.62. The number of hydrogen-bond donors (Lipinski definition) is 2. The van der Waals surface area contributed by atoms with E-state index in [0.29, 0.717) is 23.3 Å². The smallest absolute Gasteiger partial charge is 0.255 e. The van der Waals surface area contributed by atoms with Crippen molar-refractivity contribution >= 4 is 17.3 Å². The molecule has 2 heterocycles. The number of carbonyl (C=O) groups excluding carboxylic acids is 1. The third-order valence-electron chi connectivity index (χ3n) is 4.63. The maximum absolute atomic E-state index is 12.3. The van der Waals surface area contributed by atoms with Crippen LogP contribution in [0, 0.1) is 0 Å². The highest BCUT2D eigenvalue weighted by molar-refractivity contribution is 6.00. The van der Waals surface area contributed by atoms with E-state index >= 15 is 0 Å². The summed E-state index contributed by atoms with van der Waals surface area (Å²) in [7, 11) is 3.55. The highest BCUT2D eigenvalue weighted by Gasteiger charge is 2.37. The quantitative estimate of drug-likeness (QED) is 0.830. The van der Waals surface area contributed by atoms with Crippen LogP contribution in [0.15, 0.2) is 18.2 Å². The normalized spacial score (nSPS) is 24.9. The Bertz CT molecular complexity index is 543. The zero-order valence-electron chi connectivity index (χ0n) is 12.8. The van der Waals surface area contributed by atoms with Crippen LogP contribution in [0.1, 0.15) is 29.6 Å². The molecular formula is C16H24N4O. The average Bonchev–Trinajstić information content (AvgIpc) is 3.03. The number of carbonyl (C=O) groups is 1. The molecule has 0 aromatic heterocycles. The Balaban J connectivity index is 1.84. The summed E-state index contributed by atoms with van der Waals surface area (Å²) >= 11 is 0. The summed E-state index contributed by atoms with van der Waals surface area (Å²) in [5.41, 5.74) is 8.17. The second kappa shape index (κ2) is 5.56. The maximum Gasteiger partial charge on any atom is 0.255 e. The number of fused-ring (bicyclic) bond motifs is 1. The molecule has 2 aliphatic heterocycles. The van der Waals surface area contributed by atoms with Gasteiger partial charge in [-0.2, -0.15) is 0 Å². The summed E-state index contributed by atoms with van der Waals surface area (Å²) in [4.78, 5) is 16.5. The van der Waals surface area contributed by atoms with Gasteiger partial charge >= 0.3 is 0 Å². The number of anilines is 2. The number of amides is 1. The summed E-state index contributed by atoms with van der Waals surface area (Å²) in [5.74, 6) is 0.0128. The summed E-state index contributed by atoms with van der Waals surface area (Å²) in [6.45, 7) is 2.37. The van der Waals surface area contributed by atoms with Gasteiger partial charge in [-0.25, -0.2) is 0 Å². The van der Waals surface area contributed by atoms with Crippen molar-refractivity contribution < 1.29 is 4.79 Å². The van der Waals surface area contributed by atoms with E-state index in [9.17, 15) is 4.79 Å². The molecule has 5 heteroatoms. The molecule has 3 N–H and O–H groups in total. The van der Waals surface area contributed by atoms with Gasteiger partial charge in [0.25, 0.3) is 5.91 Å². The first-order valence-electron chi connectivity index (χ1n) is 7.68. The van der Waals surface area contributed by atoms with E-state index in [0.717, 1.165) is 18.7 Å². The molecule has 114 valence electrons. The molecule has 2 unspecified atom stereocenters. The number of benzene rings is 1. The van der Waals surface area contributed by atoms with E-state index < -0.39 is 0 Å². The topological polar surface area (TPSA) is 61.6 Å². The van der Waals surface area contributed by atoms with Gasteiger partial charge in [0.1, 0.15) is 0 Å². The first-order valence-corrected chi connectivity index (χ1v) is 7.68. The van der Waals surface area contributed by atoms with E-state index in [4.69, 9.17) is 5.73 Å². The van der Waals surface area contributed by atoms with Gasteiger partial charge in [0.2, 0.25) is 0 Å². The fourth-order valence-electron chi connectivity index (χ4n) is 3.56. The zero-order valence-corrected chi connectivity index (χ0v) is 12.8. The van der Waals surface area contributed by atoms with Crippen LogP contribution in [0.3, 0.4) is 0 Å². The molecule has 0 radical (unpaired) electrons. The molecule has 1 aromatic rings. The molecule has 2 fully saturated rings. The second-order valence-electron chi connectivity index (χ2n) is 6.29. The molecule has 21 heavy (non-hydrogen) atoms. The molecule has 3 rings (SSSR count). The average molecular weight is 288 g/mol. The van der Waals surface area contributed by atoms with Crippen LogP contribution in [0.2, 0.25) is 0 Å². The van der Waals surface area contributed by atoms with Crippen LogP contribution in [0.5, 0.6) is 0 Å². The van der Waals surface area contributed by atoms with Crippen LogP contribution >= 0.6 is 0 Å². The third-order valence-corrected chi connectivity index (χ3v) is 4.63. The van der Waals surface area contributed by atoms with Crippen LogP contribution in [-0.2, 0) is 0 Å². The van der Waals surface area contributed by atoms with Crippen molar-refractivity contribution in [1.29, 1.82) is 0 Å². The van der Waals surface area contributed by atoms with E-state index in [1.165, 1.54) is 19.4 Å². The lowest BCUT2D eigenvalue weighted by molar-refractivity contribution is 0.0828. The Morgan fingerprint density at radius 3 is 2.90 bits per heavy atom. The van der Waals surface area contributed by atoms with Gasteiger partial charge in [0.05, 0.1) is 5.56 Å². The number of nitrogens with zero attached hydrogens (tertiary/aromatic N) is 2. The molecule has 2 atom stereocenters. The second-order valence-corrected chi connectivity index (χ2v) is 6.29. The van der Waals surface area contributed by atoms with Crippen molar-refractivity contribution in [1.82, 2.24) is 9.80 Å². The van der Waals surface area contributed by atoms with Crippen molar-refractivity contribution in [2.24, 2.45) is 0 Å². The van der Waals surface area contributed by atoms with E-state index in [2.05, 4.69) is 10.2 Å². The zero-order chi connectivity index (χ0) is 15.0. The van der Waals surface area contributed by atoms with Gasteiger partial charge in [0.15, 0.2) is 0 Å². The van der Waals surface area contributed by atoms with Gasteiger partial charge in [-0.05, 0) is 44.0 Å². The number of rotatable bonds is 3. The minimum atomic E-state index is 0.0128. The summed E-state index contributed by atoms with van der Waals surface area (Å²) < 4.78 is 0. The van der Waals surface area contributed by atoms with Crippen LogP contribution in [-0.4, -0.2) is 55.0 Å². The Morgan fingerprint density at radius 2 is 2.14 bits per heavy atom. The highest BCUT2D eigenvalue weighted by atomic mass is 16.2. The van der Waals surface area contributed by atoms with Gasteiger partial charge in [0, 0.05) is 44.1 Å². The van der Waals surface area contributed by atoms with Crippen molar-refractivity contribution in [3.63, 3.8) is 0 Å². The SMILES string of the molecule is CN(C)C(=O)c1ccc(N)cc1NC1CCN2CCCC12. The van der Waals surface area contributed by atoms with Crippen LogP contribution in [0.4, 0.5) is 11.4 Å².